The molecule has 1 fully saturated rings. The van der Waals surface area contributed by atoms with Gasteiger partial charge in [-0.3, -0.25) is 9.69 Å². The van der Waals surface area contributed by atoms with Gasteiger partial charge in [-0.1, -0.05) is 23.7 Å². The van der Waals surface area contributed by atoms with Crippen molar-refractivity contribution in [1.82, 2.24) is 25.2 Å². The van der Waals surface area contributed by atoms with Crippen LogP contribution in [0.4, 0.5) is 23.0 Å². The number of hydrogen-bond donors (Lipinski definition) is 4. The summed E-state index contributed by atoms with van der Waals surface area (Å²) in [5.41, 5.74) is 10.6. The lowest BCUT2D eigenvalue weighted by molar-refractivity contribution is 0.102. The number of piperazine rings is 1. The average molecular weight is 596 g/mol. The van der Waals surface area contributed by atoms with Crippen molar-refractivity contribution < 1.29 is 4.79 Å². The summed E-state index contributed by atoms with van der Waals surface area (Å²) in [6.07, 6.45) is 3.12. The molecular weight excluding hydrogens is 567 g/mol. The number of thiophene rings is 1. The van der Waals surface area contributed by atoms with Crippen LogP contribution in [0.2, 0.25) is 5.02 Å². The Bertz CT molecular complexity index is 1700. The first kappa shape index (κ1) is 28.0. The third-order valence-corrected chi connectivity index (χ3v) is 8.29. The number of carbonyl (C=O) groups excluding carboxylic acids is 1. The van der Waals surface area contributed by atoms with Gasteiger partial charge in [-0.05, 0) is 42.3 Å². The van der Waals surface area contributed by atoms with Gasteiger partial charge < -0.3 is 21.7 Å². The number of carbonyl (C=O) groups is 1. The highest BCUT2D eigenvalue weighted by molar-refractivity contribution is 7.18. The molecule has 0 atom stereocenters. The molecule has 0 bridgehead atoms. The molecule has 0 unspecified atom stereocenters. The number of aryl methyl sites for hydroxylation is 1. The van der Waals surface area contributed by atoms with Gasteiger partial charge in [0, 0.05) is 65.8 Å². The number of anilines is 4. The Morgan fingerprint density at radius 3 is 2.77 bits per heavy atom. The van der Waals surface area contributed by atoms with Gasteiger partial charge in [-0.25, -0.2) is 15.0 Å². The molecule has 9 nitrogen and oxygen atoms in total. The van der Waals surface area contributed by atoms with Crippen LogP contribution in [0.3, 0.4) is 0 Å². The zero-order valence-electron chi connectivity index (χ0n) is 21.7. The fraction of sp³-hybridized carbons (Fsp3) is 0.214. The molecule has 5 aromatic rings. The first-order valence-corrected chi connectivity index (χ1v) is 13.9. The van der Waals surface area contributed by atoms with E-state index in [1.54, 1.807) is 11.6 Å². The number of fused-ring (bicyclic) bond motifs is 2. The number of aromatic nitrogens is 3. The summed E-state index contributed by atoms with van der Waals surface area (Å²) in [4.78, 5) is 28.7. The zero-order chi connectivity index (χ0) is 26.9. The topological polar surface area (TPSA) is 121 Å². The molecule has 1 aliphatic rings. The average Bonchev–Trinajstić information content (AvgIpc) is 3.39. The number of halogens is 2. The van der Waals surface area contributed by atoms with Crippen LogP contribution < -0.4 is 21.7 Å². The largest absolute Gasteiger partial charge is 0.382 e. The predicted octanol–water partition coefficient (Wildman–Crippen LogP) is 5.61. The van der Waals surface area contributed by atoms with E-state index < -0.39 is 0 Å². The molecular formula is C28H28Cl2N8OS. The van der Waals surface area contributed by atoms with Crippen molar-refractivity contribution in [2.75, 3.05) is 42.5 Å². The molecule has 0 radical (unpaired) electrons. The second-order valence-corrected chi connectivity index (χ2v) is 10.8. The summed E-state index contributed by atoms with van der Waals surface area (Å²) in [6.45, 7) is 6.72. The van der Waals surface area contributed by atoms with Gasteiger partial charge in [0.05, 0.1) is 21.5 Å². The molecule has 6 rings (SSSR count). The molecule has 206 valence electrons. The molecule has 0 spiro atoms. The van der Waals surface area contributed by atoms with Gasteiger partial charge in [0.25, 0.3) is 5.91 Å². The molecule has 0 saturated carbocycles. The minimum absolute atomic E-state index is 0. The number of nitrogen functional groups attached to an aromatic ring is 1. The van der Waals surface area contributed by atoms with Gasteiger partial charge in [0.15, 0.2) is 0 Å². The van der Waals surface area contributed by atoms with Crippen molar-refractivity contribution in [3.05, 3.63) is 76.0 Å². The minimum Gasteiger partial charge on any atom is -0.382 e. The maximum Gasteiger partial charge on any atom is 0.258 e. The Kier molecular flexibility index (Phi) is 8.34. The Hall–Kier alpha value is -3.54. The molecule has 1 amide bonds. The van der Waals surface area contributed by atoms with Gasteiger partial charge in [-0.2, -0.15) is 0 Å². The number of pyridine rings is 1. The summed E-state index contributed by atoms with van der Waals surface area (Å²) in [6, 6.07) is 11.9. The second-order valence-electron chi connectivity index (χ2n) is 9.51. The van der Waals surface area contributed by atoms with E-state index in [0.29, 0.717) is 27.4 Å². The van der Waals surface area contributed by atoms with Crippen molar-refractivity contribution >= 4 is 85.3 Å². The van der Waals surface area contributed by atoms with E-state index in [-0.39, 0.29) is 18.3 Å². The van der Waals surface area contributed by atoms with Crippen LogP contribution in [-0.4, -0.2) is 51.9 Å². The SMILES string of the molecule is Cc1ccc2c(Nc3ccc(Cl)c(CN4CCNCC4)c3)nccc2c1NC(=O)c1csc2c(N)ncnc12.Cl. The Labute approximate surface area is 246 Å². The van der Waals surface area contributed by atoms with Crippen LogP contribution in [-0.2, 0) is 6.54 Å². The summed E-state index contributed by atoms with van der Waals surface area (Å²) in [5, 5.41) is 14.2. The second kappa shape index (κ2) is 11.9. The van der Waals surface area contributed by atoms with Crippen molar-refractivity contribution in [3.8, 4) is 0 Å². The highest BCUT2D eigenvalue weighted by atomic mass is 35.5. The number of nitrogens with zero attached hydrogens (tertiary/aromatic N) is 4. The smallest absolute Gasteiger partial charge is 0.258 e. The first-order valence-electron chi connectivity index (χ1n) is 12.6. The summed E-state index contributed by atoms with van der Waals surface area (Å²) in [7, 11) is 0. The predicted molar refractivity (Wildman–Crippen MR) is 166 cm³/mol. The molecule has 2 aromatic carbocycles. The lowest BCUT2D eigenvalue weighted by Gasteiger charge is -2.27. The van der Waals surface area contributed by atoms with E-state index in [0.717, 1.165) is 71.0 Å². The summed E-state index contributed by atoms with van der Waals surface area (Å²) >= 11 is 7.90. The number of rotatable bonds is 6. The number of benzene rings is 2. The third-order valence-electron chi connectivity index (χ3n) is 6.93. The normalized spacial score (nSPS) is 13.8. The van der Waals surface area contributed by atoms with Gasteiger partial charge >= 0.3 is 0 Å². The maximum atomic E-state index is 13.3. The van der Waals surface area contributed by atoms with Crippen LogP contribution in [0, 0.1) is 6.92 Å². The highest BCUT2D eigenvalue weighted by Crippen LogP contribution is 2.34. The fourth-order valence-electron chi connectivity index (χ4n) is 4.86. The van der Waals surface area contributed by atoms with Crippen molar-refractivity contribution in [2.45, 2.75) is 13.5 Å². The van der Waals surface area contributed by atoms with Crippen LogP contribution in [0.1, 0.15) is 21.5 Å². The highest BCUT2D eigenvalue weighted by Gasteiger charge is 2.19. The van der Waals surface area contributed by atoms with E-state index in [9.17, 15) is 4.79 Å². The van der Waals surface area contributed by atoms with E-state index in [1.807, 2.05) is 37.3 Å². The molecule has 4 heterocycles. The number of amides is 1. The van der Waals surface area contributed by atoms with Crippen LogP contribution in [0.25, 0.3) is 21.0 Å². The summed E-state index contributed by atoms with van der Waals surface area (Å²) < 4.78 is 0.701. The van der Waals surface area contributed by atoms with E-state index in [2.05, 4.69) is 41.9 Å². The quantitative estimate of drug-likeness (QED) is 0.200. The van der Waals surface area contributed by atoms with Crippen LogP contribution in [0.5, 0.6) is 0 Å². The molecule has 12 heteroatoms. The number of hydrogen-bond acceptors (Lipinski definition) is 9. The Morgan fingerprint density at radius 1 is 1.12 bits per heavy atom. The van der Waals surface area contributed by atoms with E-state index >= 15 is 0 Å². The Balaban J connectivity index is 0.00000323. The summed E-state index contributed by atoms with van der Waals surface area (Å²) in [5.74, 6) is 0.807. The fourth-order valence-corrected chi connectivity index (χ4v) is 5.94. The van der Waals surface area contributed by atoms with E-state index in [4.69, 9.17) is 17.3 Å². The molecule has 3 aromatic heterocycles. The number of nitrogens with one attached hydrogen (secondary N) is 3. The van der Waals surface area contributed by atoms with Crippen LogP contribution in [0.15, 0.2) is 54.3 Å². The maximum absolute atomic E-state index is 13.3. The van der Waals surface area contributed by atoms with Gasteiger partial charge in [0.1, 0.15) is 18.0 Å². The van der Waals surface area contributed by atoms with Gasteiger partial charge in [-0.15, -0.1) is 23.7 Å². The zero-order valence-corrected chi connectivity index (χ0v) is 24.1. The first-order chi connectivity index (χ1) is 19.0. The van der Waals surface area contributed by atoms with Gasteiger partial charge in [0.2, 0.25) is 0 Å². The molecule has 1 saturated heterocycles. The van der Waals surface area contributed by atoms with Crippen molar-refractivity contribution in [1.29, 1.82) is 0 Å². The lowest BCUT2D eigenvalue weighted by atomic mass is 10.0. The van der Waals surface area contributed by atoms with Crippen LogP contribution >= 0.6 is 35.3 Å². The molecule has 1 aliphatic heterocycles. The standard InChI is InChI=1S/C28H27ClN8OS.ClH/c1-16-2-4-20-19(23(16)36-28(38)21-14-39-25-24(21)33-15-34-26(25)30)6-7-32-27(20)35-18-3-5-22(29)17(12-18)13-37-10-8-31-9-11-37;/h2-7,12,14-15,31H,8-11,13H2,1H3,(H,32,35)(H,36,38)(H2,30,33,34);1H. The molecule has 5 N–H and O–H groups in total. The minimum atomic E-state index is -0.253. The van der Waals surface area contributed by atoms with Crippen molar-refractivity contribution in [3.63, 3.8) is 0 Å². The number of nitrogens with two attached hydrogens (primary N) is 1. The molecule has 40 heavy (non-hydrogen) atoms. The molecule has 0 aliphatic carbocycles. The lowest BCUT2D eigenvalue weighted by Crippen LogP contribution is -2.42. The van der Waals surface area contributed by atoms with E-state index in [1.165, 1.54) is 17.7 Å². The Morgan fingerprint density at radius 2 is 1.95 bits per heavy atom. The van der Waals surface area contributed by atoms with Crippen molar-refractivity contribution in [2.24, 2.45) is 0 Å². The monoisotopic (exact) mass is 594 g/mol. The third kappa shape index (κ3) is 5.54.